The lowest BCUT2D eigenvalue weighted by Gasteiger charge is -2.30. The number of rotatable bonds is 7. The van der Waals surface area contributed by atoms with Gasteiger partial charge in [0.15, 0.2) is 11.5 Å². The Balaban J connectivity index is 1.47. The number of aryl methyl sites for hydroxylation is 1. The fraction of sp³-hybridized carbons (Fsp3) is 0.419. The van der Waals surface area contributed by atoms with Gasteiger partial charge in [-0.25, -0.2) is 0 Å². The number of hydrogen-bond acceptors (Lipinski definition) is 9. The third-order valence-corrected chi connectivity index (χ3v) is 10.8. The van der Waals surface area contributed by atoms with Crippen molar-refractivity contribution >= 4 is 34.0 Å². The molecule has 2 aliphatic rings. The van der Waals surface area contributed by atoms with Crippen molar-refractivity contribution in [3.8, 4) is 17.2 Å². The lowest BCUT2D eigenvalue weighted by molar-refractivity contribution is -0.148. The third kappa shape index (κ3) is 9.01. The van der Waals surface area contributed by atoms with Gasteiger partial charge < -0.3 is 39.5 Å². The second-order valence-electron chi connectivity index (χ2n) is 14.6. The summed E-state index contributed by atoms with van der Waals surface area (Å²) < 4.78 is 13.1. The molecule has 4 N–H and O–H groups in total. The SMILES string of the molecule is CC[C@H]1CC[C@@H](OC(C)=O)CC(=O)C[C@H](c2cc(O)c(O)c(OC)c2)n2cc3cccc(c3c2)N(CCC(C)=O)C2=CC(=CCN2)CCc2c[nH]cc2C1. The summed E-state index contributed by atoms with van der Waals surface area (Å²) in [7, 11) is 1.41. The number of ketones is 2. The Hall–Kier alpha value is -5.45. The number of dihydropyridines is 1. The monoisotopic (exact) mass is 736 g/mol. The van der Waals surface area contributed by atoms with Gasteiger partial charge in [-0.15, -0.1) is 0 Å². The van der Waals surface area contributed by atoms with Crippen LogP contribution in [0.5, 0.6) is 17.2 Å². The molecule has 0 spiro atoms. The molecular weight excluding hydrogens is 684 g/mol. The number of anilines is 1. The zero-order valence-electron chi connectivity index (χ0n) is 31.7. The Morgan fingerprint density at radius 2 is 1.81 bits per heavy atom. The summed E-state index contributed by atoms with van der Waals surface area (Å²) in [5.41, 5.74) is 5.25. The predicted molar refractivity (Wildman–Crippen MR) is 209 cm³/mol. The summed E-state index contributed by atoms with van der Waals surface area (Å²) in [6.07, 6.45) is 17.3. The maximum absolute atomic E-state index is 14.1. The van der Waals surface area contributed by atoms with Gasteiger partial charge in [0.25, 0.3) is 0 Å². The van der Waals surface area contributed by atoms with Crippen molar-refractivity contribution in [1.82, 2.24) is 14.9 Å². The van der Waals surface area contributed by atoms with E-state index in [1.165, 1.54) is 36.8 Å². The number of aromatic amines is 1. The molecule has 0 amide bonds. The minimum atomic E-state index is -0.604. The van der Waals surface area contributed by atoms with Crippen LogP contribution in [0.4, 0.5) is 5.69 Å². The summed E-state index contributed by atoms with van der Waals surface area (Å²) in [4.78, 5) is 44.2. The Morgan fingerprint density at radius 1 is 1.00 bits per heavy atom. The lowest BCUT2D eigenvalue weighted by Crippen LogP contribution is -2.35. The molecule has 11 heteroatoms. The van der Waals surface area contributed by atoms with Crippen LogP contribution in [0.15, 0.2) is 78.7 Å². The molecule has 2 aromatic carbocycles. The van der Waals surface area contributed by atoms with E-state index in [2.05, 4.69) is 46.7 Å². The van der Waals surface area contributed by atoms with Crippen LogP contribution in [0.2, 0.25) is 0 Å². The smallest absolute Gasteiger partial charge is 0.302 e. The number of methoxy groups -OCH3 is 1. The molecule has 286 valence electrons. The molecule has 0 aliphatic carbocycles. The quantitative estimate of drug-likeness (QED) is 0.113. The van der Waals surface area contributed by atoms with Crippen molar-refractivity contribution in [2.75, 3.05) is 25.1 Å². The highest BCUT2D eigenvalue weighted by atomic mass is 16.5. The van der Waals surface area contributed by atoms with Gasteiger partial charge in [0.05, 0.1) is 18.8 Å². The molecule has 4 heterocycles. The molecule has 2 aromatic heterocycles. The van der Waals surface area contributed by atoms with Crippen LogP contribution in [0.1, 0.15) is 88.4 Å². The third-order valence-electron chi connectivity index (χ3n) is 10.8. The molecule has 54 heavy (non-hydrogen) atoms. The molecular formula is C43H52N4O7. The van der Waals surface area contributed by atoms with Crippen LogP contribution >= 0.6 is 0 Å². The second-order valence-corrected chi connectivity index (χ2v) is 14.6. The molecule has 0 unspecified atom stereocenters. The van der Waals surface area contributed by atoms with Crippen molar-refractivity contribution in [1.29, 1.82) is 0 Å². The van der Waals surface area contributed by atoms with Crippen molar-refractivity contribution < 1.29 is 34.1 Å². The number of aromatic hydroxyl groups is 2. The number of Topliss-reactive ketones (excluding diaryl/α,β-unsaturated/α-hetero) is 2. The van der Waals surface area contributed by atoms with E-state index in [0.717, 1.165) is 54.4 Å². The first kappa shape index (κ1) is 38.3. The number of phenolic OH excluding ortho intramolecular Hbond substituents is 2. The van der Waals surface area contributed by atoms with E-state index >= 15 is 0 Å². The van der Waals surface area contributed by atoms with Crippen LogP contribution in [0.25, 0.3) is 10.8 Å². The van der Waals surface area contributed by atoms with Crippen molar-refractivity contribution in [2.24, 2.45) is 5.92 Å². The van der Waals surface area contributed by atoms with E-state index in [0.29, 0.717) is 37.4 Å². The molecule has 0 saturated heterocycles. The number of fused-ring (bicyclic) bond motifs is 3. The van der Waals surface area contributed by atoms with Crippen LogP contribution in [0.3, 0.4) is 0 Å². The Kier molecular flexibility index (Phi) is 12.1. The highest BCUT2D eigenvalue weighted by Gasteiger charge is 2.27. The van der Waals surface area contributed by atoms with Crippen molar-refractivity contribution in [3.63, 3.8) is 0 Å². The van der Waals surface area contributed by atoms with Crippen LogP contribution in [0, 0.1) is 5.92 Å². The Bertz CT molecular complexity index is 2060. The second kappa shape index (κ2) is 17.1. The number of carbonyl (C=O) groups is 3. The fourth-order valence-corrected chi connectivity index (χ4v) is 7.81. The van der Waals surface area contributed by atoms with Crippen molar-refractivity contribution in [3.05, 3.63) is 95.4 Å². The standard InChI is InChI=1S/C43H52N4O7/c1-5-29-10-12-36(54-28(3)49)21-35(50)22-39(33-19-40(51)43(52)41(20-33)53-4)46-25-32-7-6-8-38(37(32)26-46)47(16-14-27(2)48)42-18-30(13-15-45-42)9-11-31-23-44-24-34(31)17-29/h6-8,13,18-20,23-26,29,36,39,44-45,51-52H,5,9-12,14-17,21-22H2,1-4H3/t29-,36+,39+/m0/s1. The number of benzene rings is 2. The number of allylic oxidation sites excluding steroid dienone is 2. The highest BCUT2D eigenvalue weighted by molar-refractivity contribution is 5.95. The normalized spacial score (nSPS) is 20.0. The summed E-state index contributed by atoms with van der Waals surface area (Å²) in [6.45, 7) is 6.28. The molecule has 0 radical (unpaired) electrons. The molecule has 11 nitrogen and oxygen atoms in total. The van der Waals surface area contributed by atoms with Gasteiger partial charge in [0.1, 0.15) is 23.5 Å². The first-order valence-corrected chi connectivity index (χ1v) is 19.0. The first-order valence-electron chi connectivity index (χ1n) is 19.0. The molecule has 6 rings (SSSR count). The number of ether oxygens (including phenoxy) is 2. The van der Waals surface area contributed by atoms with Gasteiger partial charge in [0.2, 0.25) is 5.75 Å². The number of nitrogens with one attached hydrogen (secondary N) is 2. The number of phenols is 2. The van der Waals surface area contributed by atoms with Gasteiger partial charge in [0, 0.05) is 74.8 Å². The summed E-state index contributed by atoms with van der Waals surface area (Å²) in [6, 6.07) is 8.52. The van der Waals surface area contributed by atoms with E-state index < -0.39 is 18.1 Å². The number of aromatic nitrogens is 2. The lowest BCUT2D eigenvalue weighted by atomic mass is 9.89. The first-order chi connectivity index (χ1) is 26.0. The molecule has 0 saturated carbocycles. The van der Waals surface area contributed by atoms with E-state index in [-0.39, 0.29) is 41.7 Å². The van der Waals surface area contributed by atoms with E-state index in [1.807, 2.05) is 35.2 Å². The fourth-order valence-electron chi connectivity index (χ4n) is 7.81. The van der Waals surface area contributed by atoms with Gasteiger partial charge in [-0.05, 0) is 91.5 Å². The van der Waals surface area contributed by atoms with Gasteiger partial charge in [-0.2, -0.15) is 0 Å². The van der Waals surface area contributed by atoms with E-state index in [1.54, 1.807) is 13.0 Å². The molecule has 3 atom stereocenters. The van der Waals surface area contributed by atoms with Gasteiger partial charge in [-0.1, -0.05) is 31.6 Å². The maximum atomic E-state index is 14.1. The number of carbonyl (C=O) groups excluding carboxylic acids is 3. The zero-order valence-corrected chi connectivity index (χ0v) is 31.7. The van der Waals surface area contributed by atoms with E-state index in [4.69, 9.17) is 9.47 Å². The largest absolute Gasteiger partial charge is 0.504 e. The molecule has 4 aromatic rings. The Morgan fingerprint density at radius 3 is 2.57 bits per heavy atom. The highest BCUT2D eigenvalue weighted by Crippen LogP contribution is 2.41. The molecule has 0 fully saturated rings. The van der Waals surface area contributed by atoms with Gasteiger partial charge in [-0.3, -0.25) is 14.4 Å². The predicted octanol–water partition coefficient (Wildman–Crippen LogP) is 7.41. The minimum absolute atomic E-state index is 0.0281. The van der Waals surface area contributed by atoms with Gasteiger partial charge >= 0.3 is 5.97 Å². The molecule has 2 aliphatic heterocycles. The average molecular weight is 737 g/mol. The number of esters is 1. The Labute approximate surface area is 316 Å². The van der Waals surface area contributed by atoms with Crippen LogP contribution < -0.4 is 15.0 Å². The number of nitrogens with zero attached hydrogens (tertiary/aromatic N) is 2. The van der Waals surface area contributed by atoms with Crippen LogP contribution in [-0.4, -0.2) is 63.6 Å². The molecule has 4 bridgehead atoms. The van der Waals surface area contributed by atoms with Crippen LogP contribution in [-0.2, 0) is 32.0 Å². The summed E-state index contributed by atoms with van der Waals surface area (Å²) in [5, 5.41) is 26.6. The topological polar surface area (TPSA) is 146 Å². The van der Waals surface area contributed by atoms with Crippen molar-refractivity contribution in [2.45, 2.75) is 90.7 Å². The number of hydrogen-bond donors (Lipinski definition) is 4. The average Bonchev–Trinajstić information content (AvgIpc) is 3.79. The zero-order chi connectivity index (χ0) is 38.4. The van der Waals surface area contributed by atoms with E-state index in [9.17, 15) is 24.6 Å². The minimum Gasteiger partial charge on any atom is -0.504 e. The maximum Gasteiger partial charge on any atom is 0.302 e. The summed E-state index contributed by atoms with van der Waals surface area (Å²) in [5.74, 6) is 0.142. The number of H-pyrrole nitrogens is 1. The summed E-state index contributed by atoms with van der Waals surface area (Å²) >= 11 is 0.